The molecule has 27 heavy (non-hydrogen) atoms. The molecule has 142 valence electrons. The van der Waals surface area contributed by atoms with Gasteiger partial charge >= 0.3 is 6.18 Å². The van der Waals surface area contributed by atoms with Crippen molar-refractivity contribution in [1.29, 1.82) is 0 Å². The number of aromatic nitrogens is 3. The van der Waals surface area contributed by atoms with Gasteiger partial charge in [-0.15, -0.1) is 10.2 Å². The Morgan fingerprint density at radius 2 is 2.04 bits per heavy atom. The van der Waals surface area contributed by atoms with E-state index in [9.17, 15) is 18.0 Å². The maximum absolute atomic E-state index is 12.8. The Bertz CT molecular complexity index is 938. The number of nitrogens with zero attached hydrogens (tertiary/aromatic N) is 3. The summed E-state index contributed by atoms with van der Waals surface area (Å²) < 4.78 is 45.3. The Morgan fingerprint density at radius 3 is 2.70 bits per heavy atom. The van der Waals surface area contributed by atoms with Crippen LogP contribution < -0.4 is 5.32 Å². The first-order valence-corrected chi connectivity index (χ1v) is 8.71. The van der Waals surface area contributed by atoms with E-state index in [-0.39, 0.29) is 5.69 Å². The third-order valence-corrected chi connectivity index (χ3v) is 4.82. The molecule has 0 aliphatic rings. The van der Waals surface area contributed by atoms with Crippen molar-refractivity contribution in [3.63, 3.8) is 0 Å². The second-order valence-electron chi connectivity index (χ2n) is 5.67. The van der Waals surface area contributed by atoms with Gasteiger partial charge in [-0.25, -0.2) is 0 Å². The maximum atomic E-state index is 12.8. The number of alkyl halides is 3. The average Bonchev–Trinajstić information content (AvgIpc) is 3.25. The van der Waals surface area contributed by atoms with E-state index in [1.54, 1.807) is 30.7 Å². The standard InChI is InChI=1S/C17H15F3N4O2S/c1-10(15(25)21-12-6-3-5-11(9-12)17(18,19)20)27-16-23-22-14(24(16)2)13-7-4-8-26-13/h3-10H,1-2H3,(H,21,25)/t10-/m1/s1. The molecule has 1 amide bonds. The fraction of sp³-hybridized carbons (Fsp3) is 0.235. The fourth-order valence-electron chi connectivity index (χ4n) is 2.27. The van der Waals surface area contributed by atoms with Crippen molar-refractivity contribution < 1.29 is 22.4 Å². The summed E-state index contributed by atoms with van der Waals surface area (Å²) in [7, 11) is 1.73. The van der Waals surface area contributed by atoms with E-state index in [0.29, 0.717) is 16.7 Å². The lowest BCUT2D eigenvalue weighted by Gasteiger charge is -2.13. The monoisotopic (exact) mass is 396 g/mol. The van der Waals surface area contributed by atoms with Crippen LogP contribution in [0.25, 0.3) is 11.6 Å². The van der Waals surface area contributed by atoms with Gasteiger partial charge in [0.2, 0.25) is 5.91 Å². The van der Waals surface area contributed by atoms with Gasteiger partial charge in [0.1, 0.15) is 0 Å². The summed E-state index contributed by atoms with van der Waals surface area (Å²) in [5.74, 6) is 0.604. The summed E-state index contributed by atoms with van der Waals surface area (Å²) in [6.07, 6.45) is -2.95. The molecule has 3 aromatic rings. The highest BCUT2D eigenvalue weighted by molar-refractivity contribution is 8.00. The van der Waals surface area contributed by atoms with Crippen LogP contribution >= 0.6 is 11.8 Å². The maximum Gasteiger partial charge on any atom is 0.416 e. The minimum Gasteiger partial charge on any atom is -0.461 e. The fourth-order valence-corrected chi connectivity index (χ4v) is 3.08. The predicted octanol–water partition coefficient (Wildman–Crippen LogP) is 4.21. The Kier molecular flexibility index (Phi) is 5.26. The molecule has 1 N–H and O–H groups in total. The zero-order chi connectivity index (χ0) is 19.6. The van der Waals surface area contributed by atoms with Crippen molar-refractivity contribution in [2.24, 2.45) is 7.05 Å². The highest BCUT2D eigenvalue weighted by Crippen LogP contribution is 2.31. The molecule has 0 unspecified atom stereocenters. The minimum absolute atomic E-state index is 0.0801. The molecule has 2 heterocycles. The summed E-state index contributed by atoms with van der Waals surface area (Å²) >= 11 is 1.14. The molecule has 0 saturated carbocycles. The molecule has 0 saturated heterocycles. The molecule has 0 aliphatic carbocycles. The molecule has 0 radical (unpaired) electrons. The number of furan rings is 1. The number of halogens is 3. The first-order valence-electron chi connectivity index (χ1n) is 7.84. The van der Waals surface area contributed by atoms with Crippen molar-refractivity contribution in [2.75, 3.05) is 5.32 Å². The summed E-state index contributed by atoms with van der Waals surface area (Å²) in [5.41, 5.74) is -0.742. The molecule has 2 aromatic heterocycles. The van der Waals surface area contributed by atoms with Crippen LogP contribution in [-0.4, -0.2) is 25.9 Å². The zero-order valence-corrected chi connectivity index (χ0v) is 15.1. The third-order valence-electron chi connectivity index (χ3n) is 3.69. The molecule has 0 spiro atoms. The number of thioether (sulfide) groups is 1. The van der Waals surface area contributed by atoms with Crippen molar-refractivity contribution in [3.8, 4) is 11.6 Å². The van der Waals surface area contributed by atoms with Gasteiger partial charge in [-0.1, -0.05) is 17.8 Å². The smallest absolute Gasteiger partial charge is 0.416 e. The van der Waals surface area contributed by atoms with Crippen LogP contribution in [0.1, 0.15) is 12.5 Å². The highest BCUT2D eigenvalue weighted by atomic mass is 32.2. The van der Waals surface area contributed by atoms with E-state index >= 15 is 0 Å². The number of hydrogen-bond acceptors (Lipinski definition) is 5. The number of carbonyl (C=O) groups excluding carboxylic acids is 1. The van der Waals surface area contributed by atoms with Gasteiger partial charge in [-0.05, 0) is 37.3 Å². The van der Waals surface area contributed by atoms with E-state index in [2.05, 4.69) is 15.5 Å². The second-order valence-corrected chi connectivity index (χ2v) is 6.98. The van der Waals surface area contributed by atoms with E-state index in [1.807, 2.05) is 0 Å². The van der Waals surface area contributed by atoms with Crippen molar-refractivity contribution in [3.05, 3.63) is 48.2 Å². The Labute approximate surface area is 156 Å². The van der Waals surface area contributed by atoms with E-state index in [0.717, 1.165) is 23.9 Å². The van der Waals surface area contributed by atoms with Crippen LogP contribution in [0.3, 0.4) is 0 Å². The first-order chi connectivity index (χ1) is 12.8. The summed E-state index contributed by atoms with van der Waals surface area (Å²) in [6.45, 7) is 1.63. The first kappa shape index (κ1) is 19.0. The molecule has 0 fully saturated rings. The average molecular weight is 396 g/mol. The lowest BCUT2D eigenvalue weighted by atomic mass is 10.2. The van der Waals surface area contributed by atoms with Gasteiger partial charge in [0.15, 0.2) is 16.7 Å². The van der Waals surface area contributed by atoms with E-state index in [1.165, 1.54) is 18.4 Å². The largest absolute Gasteiger partial charge is 0.461 e. The molecular weight excluding hydrogens is 381 g/mol. The number of anilines is 1. The predicted molar refractivity (Wildman–Crippen MR) is 94.1 cm³/mol. The normalized spacial score (nSPS) is 12.8. The summed E-state index contributed by atoms with van der Waals surface area (Å²) in [4.78, 5) is 12.3. The summed E-state index contributed by atoms with van der Waals surface area (Å²) in [5, 5.41) is 10.4. The molecule has 1 aromatic carbocycles. The number of benzene rings is 1. The van der Waals surface area contributed by atoms with Gasteiger partial charge in [0.05, 0.1) is 17.1 Å². The van der Waals surface area contributed by atoms with Crippen LogP contribution in [0.15, 0.2) is 52.2 Å². The zero-order valence-electron chi connectivity index (χ0n) is 14.3. The van der Waals surface area contributed by atoms with Gasteiger partial charge in [-0.3, -0.25) is 4.79 Å². The lowest BCUT2D eigenvalue weighted by Crippen LogP contribution is -2.23. The van der Waals surface area contributed by atoms with Crippen LogP contribution in [0.4, 0.5) is 18.9 Å². The Hall–Kier alpha value is -2.75. The second kappa shape index (κ2) is 7.47. The van der Waals surface area contributed by atoms with E-state index in [4.69, 9.17) is 4.42 Å². The van der Waals surface area contributed by atoms with Gasteiger partial charge in [0, 0.05) is 12.7 Å². The number of hydrogen-bond donors (Lipinski definition) is 1. The summed E-state index contributed by atoms with van der Waals surface area (Å²) in [6, 6.07) is 7.96. The van der Waals surface area contributed by atoms with Gasteiger partial charge < -0.3 is 14.3 Å². The number of carbonyl (C=O) groups is 1. The molecule has 0 bridgehead atoms. The van der Waals surface area contributed by atoms with Gasteiger partial charge in [0.25, 0.3) is 0 Å². The molecule has 10 heteroatoms. The topological polar surface area (TPSA) is 73.0 Å². The molecule has 0 aliphatic heterocycles. The Morgan fingerprint density at radius 1 is 1.26 bits per heavy atom. The van der Waals surface area contributed by atoms with Crippen molar-refractivity contribution in [2.45, 2.75) is 23.5 Å². The van der Waals surface area contributed by atoms with Gasteiger partial charge in [-0.2, -0.15) is 13.2 Å². The molecule has 6 nitrogen and oxygen atoms in total. The third kappa shape index (κ3) is 4.33. The molecular formula is C17H15F3N4O2S. The van der Waals surface area contributed by atoms with Crippen LogP contribution in [0, 0.1) is 0 Å². The number of nitrogens with one attached hydrogen (secondary N) is 1. The SMILES string of the molecule is C[C@@H](Sc1nnc(-c2ccco2)n1C)C(=O)Nc1cccc(C(F)(F)F)c1. The van der Waals surface area contributed by atoms with Crippen molar-refractivity contribution in [1.82, 2.24) is 14.8 Å². The molecule has 1 atom stereocenters. The highest BCUT2D eigenvalue weighted by Gasteiger charge is 2.30. The van der Waals surface area contributed by atoms with Crippen LogP contribution in [-0.2, 0) is 18.0 Å². The number of amides is 1. The Balaban J connectivity index is 1.68. The molecule has 3 rings (SSSR count). The number of rotatable bonds is 5. The minimum atomic E-state index is -4.47. The lowest BCUT2D eigenvalue weighted by molar-refractivity contribution is -0.137. The van der Waals surface area contributed by atoms with E-state index < -0.39 is 22.9 Å². The van der Waals surface area contributed by atoms with Crippen molar-refractivity contribution >= 4 is 23.4 Å². The van der Waals surface area contributed by atoms with Crippen LogP contribution in [0.2, 0.25) is 0 Å². The van der Waals surface area contributed by atoms with Crippen LogP contribution in [0.5, 0.6) is 0 Å². The quantitative estimate of drug-likeness (QED) is 0.654.